The Morgan fingerprint density at radius 1 is 1.58 bits per heavy atom. The third-order valence-corrected chi connectivity index (χ3v) is 3.16. The van der Waals surface area contributed by atoms with Crippen molar-refractivity contribution in [2.75, 3.05) is 13.1 Å². The van der Waals surface area contributed by atoms with Gasteiger partial charge in [-0.05, 0) is 12.0 Å². The van der Waals surface area contributed by atoms with Gasteiger partial charge in [-0.1, -0.05) is 13.3 Å². The van der Waals surface area contributed by atoms with Crippen molar-refractivity contribution >= 4 is 5.91 Å². The summed E-state index contributed by atoms with van der Waals surface area (Å²) in [5.41, 5.74) is 1.65. The number of nitrogens with zero attached hydrogens (tertiary/aromatic N) is 2. The molecule has 1 aromatic heterocycles. The van der Waals surface area contributed by atoms with Gasteiger partial charge in [0.15, 0.2) is 0 Å². The lowest BCUT2D eigenvalue weighted by Crippen LogP contribution is -2.36. The number of hydrogen-bond donors (Lipinski definition) is 2. The minimum atomic E-state index is -0.215. The minimum Gasteiger partial charge on any atom is -0.354 e. The zero-order valence-corrected chi connectivity index (χ0v) is 11.2. The molecule has 0 unspecified atom stereocenters. The largest absolute Gasteiger partial charge is 0.354 e. The summed E-state index contributed by atoms with van der Waals surface area (Å²) in [6.45, 7) is 4.26. The standard InChI is InChI=1S/C13H20N4O2/c1-2-3-5-15-12(18)9-17-13(19)7-10-8-14-6-4-11(10)16-17/h7,14H,2-6,8-9H2,1H3,(H,15,18). The van der Waals surface area contributed by atoms with Crippen molar-refractivity contribution in [1.29, 1.82) is 0 Å². The van der Waals surface area contributed by atoms with Gasteiger partial charge in [0, 0.05) is 32.1 Å². The predicted molar refractivity (Wildman–Crippen MR) is 71.8 cm³/mol. The predicted octanol–water partition coefficient (Wildman–Crippen LogP) is -0.195. The third-order valence-electron chi connectivity index (χ3n) is 3.16. The highest BCUT2D eigenvalue weighted by Crippen LogP contribution is 2.07. The van der Waals surface area contributed by atoms with Crippen LogP contribution >= 0.6 is 0 Å². The Kier molecular flexibility index (Phi) is 4.68. The van der Waals surface area contributed by atoms with Crippen molar-refractivity contribution in [3.63, 3.8) is 0 Å². The van der Waals surface area contributed by atoms with E-state index in [0.717, 1.165) is 37.1 Å². The van der Waals surface area contributed by atoms with Gasteiger partial charge in [-0.25, -0.2) is 4.68 Å². The SMILES string of the molecule is CCCCNC(=O)Cn1nc2c(cc1=O)CNCC2. The molecule has 1 aromatic rings. The molecule has 1 aliphatic heterocycles. The molecule has 104 valence electrons. The summed E-state index contributed by atoms with van der Waals surface area (Å²) in [5, 5.41) is 10.3. The van der Waals surface area contributed by atoms with E-state index >= 15 is 0 Å². The monoisotopic (exact) mass is 264 g/mol. The van der Waals surface area contributed by atoms with E-state index in [-0.39, 0.29) is 18.0 Å². The fraction of sp³-hybridized carbons (Fsp3) is 0.615. The van der Waals surface area contributed by atoms with Gasteiger partial charge in [0.25, 0.3) is 5.56 Å². The van der Waals surface area contributed by atoms with Crippen molar-refractivity contribution < 1.29 is 4.79 Å². The van der Waals surface area contributed by atoms with Gasteiger partial charge in [0.05, 0.1) is 5.69 Å². The topological polar surface area (TPSA) is 76.0 Å². The highest BCUT2D eigenvalue weighted by molar-refractivity contribution is 5.75. The first-order valence-corrected chi connectivity index (χ1v) is 6.78. The normalized spacial score (nSPS) is 13.9. The summed E-state index contributed by atoms with van der Waals surface area (Å²) in [6.07, 6.45) is 2.78. The van der Waals surface area contributed by atoms with Gasteiger partial charge < -0.3 is 10.6 Å². The molecule has 1 aliphatic rings. The average Bonchev–Trinajstić information content (AvgIpc) is 2.40. The molecule has 0 fully saturated rings. The summed E-state index contributed by atoms with van der Waals surface area (Å²) in [6, 6.07) is 1.58. The lowest BCUT2D eigenvalue weighted by atomic mass is 10.1. The Hall–Kier alpha value is -1.69. The smallest absolute Gasteiger partial charge is 0.267 e. The highest BCUT2D eigenvalue weighted by atomic mass is 16.2. The van der Waals surface area contributed by atoms with E-state index < -0.39 is 0 Å². The van der Waals surface area contributed by atoms with Crippen LogP contribution in [0, 0.1) is 0 Å². The van der Waals surface area contributed by atoms with Crippen LogP contribution in [0.5, 0.6) is 0 Å². The second-order valence-electron chi connectivity index (χ2n) is 4.74. The summed E-state index contributed by atoms with van der Waals surface area (Å²) in [5.74, 6) is -0.156. The lowest BCUT2D eigenvalue weighted by molar-refractivity contribution is -0.121. The molecule has 6 heteroatoms. The molecule has 0 spiro atoms. The van der Waals surface area contributed by atoms with E-state index in [4.69, 9.17) is 0 Å². The quantitative estimate of drug-likeness (QED) is 0.723. The maximum absolute atomic E-state index is 11.8. The van der Waals surface area contributed by atoms with E-state index in [0.29, 0.717) is 13.1 Å². The molecule has 6 nitrogen and oxygen atoms in total. The first-order valence-electron chi connectivity index (χ1n) is 6.78. The van der Waals surface area contributed by atoms with Crippen molar-refractivity contribution in [3.8, 4) is 0 Å². The number of rotatable bonds is 5. The third kappa shape index (κ3) is 3.64. The molecule has 0 saturated carbocycles. The van der Waals surface area contributed by atoms with E-state index in [1.165, 1.54) is 4.68 Å². The first kappa shape index (κ1) is 13.7. The Labute approximate surface area is 112 Å². The van der Waals surface area contributed by atoms with Crippen LogP contribution in [0.15, 0.2) is 10.9 Å². The molecule has 1 amide bonds. The number of unbranched alkanes of at least 4 members (excludes halogenated alkanes) is 1. The van der Waals surface area contributed by atoms with E-state index in [2.05, 4.69) is 22.7 Å². The van der Waals surface area contributed by atoms with Crippen molar-refractivity contribution in [2.45, 2.75) is 39.3 Å². The Morgan fingerprint density at radius 2 is 2.42 bits per heavy atom. The van der Waals surface area contributed by atoms with Crippen LogP contribution in [0.4, 0.5) is 0 Å². The fourth-order valence-corrected chi connectivity index (χ4v) is 2.07. The maximum Gasteiger partial charge on any atom is 0.267 e. The van der Waals surface area contributed by atoms with Gasteiger partial charge in [-0.15, -0.1) is 0 Å². The number of amides is 1. The molecule has 2 rings (SSSR count). The molecule has 0 saturated heterocycles. The van der Waals surface area contributed by atoms with Crippen molar-refractivity contribution in [3.05, 3.63) is 27.7 Å². The molecule has 0 aromatic carbocycles. The molecule has 2 heterocycles. The van der Waals surface area contributed by atoms with Crippen LogP contribution in [0.2, 0.25) is 0 Å². The second kappa shape index (κ2) is 6.47. The van der Waals surface area contributed by atoms with Crippen molar-refractivity contribution in [2.24, 2.45) is 0 Å². The number of aromatic nitrogens is 2. The van der Waals surface area contributed by atoms with Gasteiger partial charge >= 0.3 is 0 Å². The van der Waals surface area contributed by atoms with Crippen LogP contribution in [0.25, 0.3) is 0 Å². The van der Waals surface area contributed by atoms with Gasteiger partial charge in [-0.2, -0.15) is 5.10 Å². The number of carbonyl (C=O) groups is 1. The molecule has 0 radical (unpaired) electrons. The van der Waals surface area contributed by atoms with Gasteiger partial charge in [0.1, 0.15) is 6.54 Å². The van der Waals surface area contributed by atoms with Crippen LogP contribution in [-0.2, 0) is 24.3 Å². The van der Waals surface area contributed by atoms with Gasteiger partial charge in [0.2, 0.25) is 5.91 Å². The number of nitrogens with one attached hydrogen (secondary N) is 2. The van der Waals surface area contributed by atoms with Crippen LogP contribution in [-0.4, -0.2) is 28.8 Å². The number of fused-ring (bicyclic) bond motifs is 1. The van der Waals surface area contributed by atoms with Gasteiger partial charge in [-0.3, -0.25) is 9.59 Å². The first-order chi connectivity index (χ1) is 9.20. The fourth-order valence-electron chi connectivity index (χ4n) is 2.07. The Morgan fingerprint density at radius 3 is 3.21 bits per heavy atom. The number of hydrogen-bond acceptors (Lipinski definition) is 4. The average molecular weight is 264 g/mol. The summed E-state index contributed by atoms with van der Waals surface area (Å²) >= 11 is 0. The Bertz CT molecular complexity index is 510. The maximum atomic E-state index is 11.8. The lowest BCUT2D eigenvalue weighted by Gasteiger charge is -2.16. The molecule has 0 bridgehead atoms. The van der Waals surface area contributed by atoms with E-state index in [9.17, 15) is 9.59 Å². The van der Waals surface area contributed by atoms with E-state index in [1.54, 1.807) is 6.07 Å². The van der Waals surface area contributed by atoms with Crippen LogP contribution < -0.4 is 16.2 Å². The zero-order valence-electron chi connectivity index (χ0n) is 11.2. The highest BCUT2D eigenvalue weighted by Gasteiger charge is 2.14. The van der Waals surface area contributed by atoms with Crippen molar-refractivity contribution in [1.82, 2.24) is 20.4 Å². The second-order valence-corrected chi connectivity index (χ2v) is 4.74. The molecular formula is C13H20N4O2. The van der Waals surface area contributed by atoms with Crippen LogP contribution in [0.1, 0.15) is 31.0 Å². The summed E-state index contributed by atoms with van der Waals surface area (Å²) in [7, 11) is 0. The molecular weight excluding hydrogens is 244 g/mol. The molecule has 2 N–H and O–H groups in total. The molecule has 0 atom stereocenters. The molecule has 19 heavy (non-hydrogen) atoms. The summed E-state index contributed by atoms with van der Waals surface area (Å²) in [4.78, 5) is 23.5. The Balaban J connectivity index is 2.04. The minimum absolute atomic E-state index is 0.00323. The molecule has 0 aliphatic carbocycles. The van der Waals surface area contributed by atoms with E-state index in [1.807, 2.05) is 0 Å². The zero-order chi connectivity index (χ0) is 13.7. The van der Waals surface area contributed by atoms with Crippen LogP contribution in [0.3, 0.4) is 0 Å². The summed E-state index contributed by atoms with van der Waals surface area (Å²) < 4.78 is 1.26. The number of carbonyl (C=O) groups excluding carboxylic acids is 1.